The first kappa shape index (κ1) is 20.2. The molecular weight excluding hydrogens is 333 g/mol. The van der Waals surface area contributed by atoms with Gasteiger partial charge in [-0.05, 0) is 36.5 Å². The molecule has 1 amide bonds. The predicted octanol–water partition coefficient (Wildman–Crippen LogP) is 3.24. The minimum Gasteiger partial charge on any atom is -0.326 e. The van der Waals surface area contributed by atoms with Crippen LogP contribution >= 0.6 is 24.8 Å². The van der Waals surface area contributed by atoms with Crippen molar-refractivity contribution in [2.45, 2.75) is 32.2 Å². The van der Waals surface area contributed by atoms with E-state index in [-0.39, 0.29) is 30.7 Å². The monoisotopic (exact) mass is 359 g/mol. The molecular formula is C17H27Cl2N3O. The number of halogens is 2. The molecule has 2 N–H and O–H groups in total. The van der Waals surface area contributed by atoms with Crippen LogP contribution < -0.4 is 10.6 Å². The molecule has 1 aromatic carbocycles. The van der Waals surface area contributed by atoms with Crippen molar-refractivity contribution in [2.24, 2.45) is 5.92 Å². The summed E-state index contributed by atoms with van der Waals surface area (Å²) in [5.41, 5.74) is 2.29. The zero-order chi connectivity index (χ0) is 14.7. The molecule has 2 aliphatic rings. The summed E-state index contributed by atoms with van der Waals surface area (Å²) in [4.78, 5) is 13.7. The van der Waals surface area contributed by atoms with Crippen LogP contribution in [0.25, 0.3) is 0 Å². The third-order valence-electron chi connectivity index (χ3n) is 4.71. The molecule has 1 saturated carbocycles. The number of carbonyl (C=O) groups is 1. The summed E-state index contributed by atoms with van der Waals surface area (Å²) < 4.78 is 0. The molecule has 1 aliphatic heterocycles. The smallest absolute Gasteiger partial charge is 0.221 e. The largest absolute Gasteiger partial charge is 0.326 e. The minimum absolute atomic E-state index is 0. The highest BCUT2D eigenvalue weighted by Gasteiger charge is 2.33. The number of nitrogens with zero attached hydrogens (tertiary/aromatic N) is 1. The van der Waals surface area contributed by atoms with Crippen LogP contribution in [0.15, 0.2) is 24.3 Å². The second-order valence-electron chi connectivity index (χ2n) is 6.22. The Labute approximate surface area is 151 Å². The van der Waals surface area contributed by atoms with Gasteiger partial charge in [0.1, 0.15) is 0 Å². The molecule has 1 aliphatic carbocycles. The minimum atomic E-state index is -0.0135. The van der Waals surface area contributed by atoms with E-state index in [1.807, 2.05) is 12.1 Å². The fraction of sp³-hybridized carbons (Fsp3) is 0.588. The van der Waals surface area contributed by atoms with Crippen LogP contribution in [0.4, 0.5) is 5.69 Å². The highest BCUT2D eigenvalue weighted by molar-refractivity contribution is 5.88. The van der Waals surface area contributed by atoms with E-state index < -0.39 is 0 Å². The van der Waals surface area contributed by atoms with E-state index >= 15 is 0 Å². The predicted molar refractivity (Wildman–Crippen MR) is 99.8 cm³/mol. The summed E-state index contributed by atoms with van der Waals surface area (Å²) in [5.74, 6) is 0.787. The maximum atomic E-state index is 11.1. The van der Waals surface area contributed by atoms with Crippen LogP contribution in [-0.4, -0.2) is 37.0 Å². The lowest BCUT2D eigenvalue weighted by Crippen LogP contribution is -2.47. The molecule has 4 nitrogen and oxygen atoms in total. The zero-order valence-electron chi connectivity index (χ0n) is 13.6. The maximum absolute atomic E-state index is 11.1. The topological polar surface area (TPSA) is 44.4 Å². The van der Waals surface area contributed by atoms with Crippen molar-refractivity contribution in [3.05, 3.63) is 29.8 Å². The van der Waals surface area contributed by atoms with Gasteiger partial charge in [0.25, 0.3) is 0 Å². The van der Waals surface area contributed by atoms with Gasteiger partial charge < -0.3 is 10.6 Å². The zero-order valence-corrected chi connectivity index (χ0v) is 15.2. The number of benzene rings is 1. The number of rotatable bonds is 4. The van der Waals surface area contributed by atoms with Crippen LogP contribution in [0, 0.1) is 5.92 Å². The Morgan fingerprint density at radius 2 is 1.78 bits per heavy atom. The first-order valence-corrected chi connectivity index (χ1v) is 8.06. The third-order valence-corrected chi connectivity index (χ3v) is 4.71. The Morgan fingerprint density at radius 1 is 1.17 bits per heavy atom. The molecule has 6 heteroatoms. The molecule has 1 saturated heterocycles. The molecule has 3 rings (SSSR count). The number of amides is 1. The fourth-order valence-electron chi connectivity index (χ4n) is 3.46. The molecule has 1 atom stereocenters. The summed E-state index contributed by atoms with van der Waals surface area (Å²) in [6.45, 7) is 6.00. The van der Waals surface area contributed by atoms with Crippen LogP contribution in [0.3, 0.4) is 0 Å². The maximum Gasteiger partial charge on any atom is 0.221 e. The van der Waals surface area contributed by atoms with E-state index in [1.54, 1.807) is 6.92 Å². The first-order valence-electron chi connectivity index (χ1n) is 8.06. The molecule has 0 aromatic heterocycles. The Morgan fingerprint density at radius 3 is 2.26 bits per heavy atom. The van der Waals surface area contributed by atoms with Gasteiger partial charge in [-0.3, -0.25) is 9.69 Å². The van der Waals surface area contributed by atoms with Crippen molar-refractivity contribution in [1.82, 2.24) is 10.2 Å². The summed E-state index contributed by atoms with van der Waals surface area (Å²) in [6.07, 6.45) is 4.07. The van der Waals surface area contributed by atoms with Gasteiger partial charge in [0.05, 0.1) is 0 Å². The summed E-state index contributed by atoms with van der Waals surface area (Å²) in [7, 11) is 0. The van der Waals surface area contributed by atoms with Gasteiger partial charge in [0.2, 0.25) is 5.91 Å². The standard InChI is InChI=1S/C17H25N3O.2ClH/c1-13(21)19-16-7-5-15(6-8-16)17(14-3-2-4-14)20-11-9-18-10-12-20;;/h5-8,14,17-18H,2-4,9-12H2,1H3,(H,19,21);2*1H/t17-;;/m1../s1. The van der Waals surface area contributed by atoms with E-state index in [2.05, 4.69) is 27.7 Å². The van der Waals surface area contributed by atoms with Gasteiger partial charge in [-0.15, -0.1) is 24.8 Å². The van der Waals surface area contributed by atoms with E-state index in [0.717, 1.165) is 37.8 Å². The lowest BCUT2D eigenvalue weighted by Gasteiger charge is -2.43. The van der Waals surface area contributed by atoms with Crippen LogP contribution in [0.5, 0.6) is 0 Å². The fourth-order valence-corrected chi connectivity index (χ4v) is 3.46. The average molecular weight is 360 g/mol. The number of nitrogens with one attached hydrogen (secondary N) is 2. The molecule has 0 unspecified atom stereocenters. The number of carbonyl (C=O) groups excluding carboxylic acids is 1. The molecule has 1 aromatic rings. The second-order valence-corrected chi connectivity index (χ2v) is 6.22. The van der Waals surface area contributed by atoms with E-state index in [1.165, 1.54) is 24.8 Å². The highest BCUT2D eigenvalue weighted by Crippen LogP contribution is 2.41. The number of anilines is 1. The first-order chi connectivity index (χ1) is 10.2. The summed E-state index contributed by atoms with van der Waals surface area (Å²) in [6, 6.07) is 8.99. The molecule has 0 spiro atoms. The van der Waals surface area contributed by atoms with Crippen molar-refractivity contribution in [1.29, 1.82) is 0 Å². The van der Waals surface area contributed by atoms with Gasteiger partial charge >= 0.3 is 0 Å². The van der Waals surface area contributed by atoms with Crippen molar-refractivity contribution >= 4 is 36.4 Å². The van der Waals surface area contributed by atoms with Crippen molar-refractivity contribution in [2.75, 3.05) is 31.5 Å². The average Bonchev–Trinajstić information content (AvgIpc) is 2.44. The number of hydrogen-bond acceptors (Lipinski definition) is 3. The van der Waals surface area contributed by atoms with Crippen molar-refractivity contribution in [3.63, 3.8) is 0 Å². The Bertz CT molecular complexity index is 485. The van der Waals surface area contributed by atoms with Gasteiger partial charge in [0, 0.05) is 44.8 Å². The van der Waals surface area contributed by atoms with Crippen molar-refractivity contribution < 1.29 is 4.79 Å². The van der Waals surface area contributed by atoms with E-state index in [9.17, 15) is 4.79 Å². The van der Waals surface area contributed by atoms with Crippen LogP contribution in [-0.2, 0) is 4.79 Å². The molecule has 23 heavy (non-hydrogen) atoms. The molecule has 0 radical (unpaired) electrons. The normalized spacial score (nSPS) is 19.7. The molecule has 0 bridgehead atoms. The Balaban J connectivity index is 0.00000132. The Hall–Kier alpha value is -0.810. The molecule has 1 heterocycles. The van der Waals surface area contributed by atoms with Crippen LogP contribution in [0.2, 0.25) is 0 Å². The third kappa shape index (κ3) is 5.08. The Kier molecular flexibility index (Phi) is 8.34. The number of piperazine rings is 1. The lowest BCUT2D eigenvalue weighted by atomic mass is 9.76. The van der Waals surface area contributed by atoms with Gasteiger partial charge in [-0.1, -0.05) is 18.6 Å². The number of hydrogen-bond donors (Lipinski definition) is 2. The SMILES string of the molecule is CC(=O)Nc1ccc([C@@H](C2CCC2)N2CCNCC2)cc1.Cl.Cl. The summed E-state index contributed by atoms with van der Waals surface area (Å²) >= 11 is 0. The van der Waals surface area contributed by atoms with Gasteiger partial charge in [-0.2, -0.15) is 0 Å². The lowest BCUT2D eigenvalue weighted by molar-refractivity contribution is -0.114. The molecule has 2 fully saturated rings. The van der Waals surface area contributed by atoms with E-state index in [4.69, 9.17) is 0 Å². The van der Waals surface area contributed by atoms with Crippen molar-refractivity contribution in [3.8, 4) is 0 Å². The summed E-state index contributed by atoms with van der Waals surface area (Å²) in [5, 5.41) is 6.28. The quantitative estimate of drug-likeness (QED) is 0.867. The molecule has 130 valence electrons. The van der Waals surface area contributed by atoms with Gasteiger partial charge in [0.15, 0.2) is 0 Å². The van der Waals surface area contributed by atoms with Gasteiger partial charge in [-0.25, -0.2) is 0 Å². The van der Waals surface area contributed by atoms with E-state index in [0.29, 0.717) is 6.04 Å². The van der Waals surface area contributed by atoms with Crippen LogP contribution in [0.1, 0.15) is 37.8 Å². The highest BCUT2D eigenvalue weighted by atomic mass is 35.5. The second kappa shape index (κ2) is 9.48.